The molecule has 0 fully saturated rings. The first kappa shape index (κ1) is 18.9. The van der Waals surface area contributed by atoms with Crippen molar-refractivity contribution in [3.8, 4) is 0 Å². The third kappa shape index (κ3) is 3.90. The van der Waals surface area contributed by atoms with Crippen molar-refractivity contribution in [1.29, 1.82) is 0 Å². The summed E-state index contributed by atoms with van der Waals surface area (Å²) in [5.41, 5.74) is 9.11. The van der Waals surface area contributed by atoms with Crippen LogP contribution >= 0.6 is 11.6 Å². The molecule has 0 unspecified atom stereocenters. The number of likely N-dealkylation sites (N-methyl/N-ethyl adjacent to an activating group) is 1. The first-order valence-corrected chi connectivity index (χ1v) is 9.34. The molecule has 0 saturated carbocycles. The van der Waals surface area contributed by atoms with Gasteiger partial charge in [-0.15, -0.1) is 0 Å². The number of carbonyl (C=O) groups excluding carboxylic acids is 1. The van der Waals surface area contributed by atoms with E-state index < -0.39 is 6.04 Å². The molecule has 0 radical (unpaired) electrons. The van der Waals surface area contributed by atoms with Crippen LogP contribution in [0.5, 0.6) is 0 Å². The number of carbonyl (C=O) groups is 1. The van der Waals surface area contributed by atoms with Crippen LogP contribution in [0, 0.1) is 0 Å². The van der Waals surface area contributed by atoms with Crippen molar-refractivity contribution in [1.82, 2.24) is 20.2 Å². The van der Waals surface area contributed by atoms with Crippen LogP contribution in [0.15, 0.2) is 47.7 Å². The molecule has 4 N–H and O–H groups in total. The summed E-state index contributed by atoms with van der Waals surface area (Å²) >= 11 is 6.13. The normalized spacial score (nSPS) is 16.9. The van der Waals surface area contributed by atoms with E-state index in [1.54, 1.807) is 7.05 Å². The van der Waals surface area contributed by atoms with Gasteiger partial charge in [0.05, 0.1) is 0 Å². The predicted molar refractivity (Wildman–Crippen MR) is 111 cm³/mol. The van der Waals surface area contributed by atoms with E-state index in [1.165, 1.54) is 11.2 Å². The number of fused-ring (bicyclic) bond motifs is 1. The number of hydrogen-bond acceptors (Lipinski definition) is 6. The number of anilines is 2. The summed E-state index contributed by atoms with van der Waals surface area (Å²) in [4.78, 5) is 26.7. The van der Waals surface area contributed by atoms with Gasteiger partial charge in [-0.05, 0) is 11.6 Å². The number of nitrogens with two attached hydrogens (primary N) is 1. The van der Waals surface area contributed by atoms with Crippen molar-refractivity contribution in [2.75, 3.05) is 23.8 Å². The molecular weight excluding hydrogens is 392 g/mol. The maximum atomic E-state index is 12.9. The molecule has 9 nitrogen and oxygen atoms in total. The summed E-state index contributed by atoms with van der Waals surface area (Å²) in [5.74, 6) is 0.384. The van der Waals surface area contributed by atoms with Crippen molar-refractivity contribution in [3.63, 3.8) is 0 Å². The van der Waals surface area contributed by atoms with Gasteiger partial charge in [0, 0.05) is 25.7 Å². The summed E-state index contributed by atoms with van der Waals surface area (Å²) in [6.07, 6.45) is 2.03. The topological polar surface area (TPSA) is 125 Å². The monoisotopic (exact) mass is 410 g/mol. The SMILES string of the molecule is CN1C(=O)[C@@H](N=C(N)c2cc(Cc3ccccc3)[nH]n2)CNc2ncnc(Cl)c21. The maximum Gasteiger partial charge on any atom is 0.253 e. The quantitative estimate of drug-likeness (QED) is 0.341. The van der Waals surface area contributed by atoms with Crippen molar-refractivity contribution in [2.24, 2.45) is 10.7 Å². The number of benzene rings is 1. The van der Waals surface area contributed by atoms with Gasteiger partial charge in [0.15, 0.2) is 11.0 Å². The molecule has 0 spiro atoms. The lowest BCUT2D eigenvalue weighted by Crippen LogP contribution is -2.38. The Kier molecular flexibility index (Phi) is 5.13. The highest BCUT2D eigenvalue weighted by molar-refractivity contribution is 6.33. The first-order chi connectivity index (χ1) is 14.0. The van der Waals surface area contributed by atoms with E-state index in [0.29, 0.717) is 23.6 Å². The highest BCUT2D eigenvalue weighted by atomic mass is 35.5. The van der Waals surface area contributed by atoms with Crippen LogP contribution in [0.3, 0.4) is 0 Å². The second kappa shape index (κ2) is 7.88. The van der Waals surface area contributed by atoms with Gasteiger partial charge in [-0.3, -0.25) is 14.9 Å². The minimum atomic E-state index is -0.750. The number of H-pyrrole nitrogens is 1. The van der Waals surface area contributed by atoms with Crippen LogP contribution in [-0.2, 0) is 11.2 Å². The van der Waals surface area contributed by atoms with Crippen LogP contribution in [0.2, 0.25) is 5.15 Å². The molecule has 0 bridgehead atoms. The summed E-state index contributed by atoms with van der Waals surface area (Å²) < 4.78 is 0. The number of aromatic nitrogens is 4. The summed E-state index contributed by atoms with van der Waals surface area (Å²) in [5, 5.41) is 10.5. The number of nitrogens with one attached hydrogen (secondary N) is 2. The molecule has 3 heterocycles. The van der Waals surface area contributed by atoms with Crippen LogP contribution < -0.4 is 16.0 Å². The first-order valence-electron chi connectivity index (χ1n) is 8.96. The number of rotatable bonds is 4. The van der Waals surface area contributed by atoms with Gasteiger partial charge in [-0.25, -0.2) is 9.97 Å². The molecule has 10 heteroatoms. The zero-order valence-electron chi connectivity index (χ0n) is 15.6. The largest absolute Gasteiger partial charge is 0.382 e. The average Bonchev–Trinajstić information content (AvgIpc) is 3.15. The molecule has 2 aromatic heterocycles. The zero-order valence-corrected chi connectivity index (χ0v) is 16.4. The predicted octanol–water partition coefficient (Wildman–Crippen LogP) is 1.61. The van der Waals surface area contributed by atoms with Gasteiger partial charge in [-0.2, -0.15) is 5.10 Å². The Hall–Kier alpha value is -3.46. The van der Waals surface area contributed by atoms with E-state index in [4.69, 9.17) is 17.3 Å². The number of hydrogen-bond donors (Lipinski definition) is 3. The maximum absolute atomic E-state index is 12.9. The van der Waals surface area contributed by atoms with E-state index in [0.717, 1.165) is 11.3 Å². The molecule has 1 amide bonds. The molecule has 4 rings (SSSR count). The number of halogens is 1. The van der Waals surface area contributed by atoms with E-state index in [-0.39, 0.29) is 23.4 Å². The minimum absolute atomic E-state index is 0.178. The second-order valence-corrected chi connectivity index (χ2v) is 6.97. The van der Waals surface area contributed by atoms with Crippen molar-refractivity contribution >= 4 is 34.8 Å². The van der Waals surface area contributed by atoms with Gasteiger partial charge >= 0.3 is 0 Å². The lowest BCUT2D eigenvalue weighted by atomic mass is 10.1. The third-order valence-corrected chi connectivity index (χ3v) is 4.89. The number of amides is 1. The summed E-state index contributed by atoms with van der Waals surface area (Å²) in [6, 6.07) is 11.1. The van der Waals surface area contributed by atoms with E-state index in [1.807, 2.05) is 36.4 Å². The van der Waals surface area contributed by atoms with Gasteiger partial charge < -0.3 is 16.0 Å². The fraction of sp³-hybridized carbons (Fsp3) is 0.211. The highest BCUT2D eigenvalue weighted by Gasteiger charge is 2.30. The summed E-state index contributed by atoms with van der Waals surface area (Å²) in [6.45, 7) is 0.228. The van der Waals surface area contributed by atoms with Gasteiger partial charge in [-0.1, -0.05) is 41.9 Å². The van der Waals surface area contributed by atoms with E-state index in [2.05, 4.69) is 30.5 Å². The van der Waals surface area contributed by atoms with Crippen LogP contribution in [0.4, 0.5) is 11.5 Å². The van der Waals surface area contributed by atoms with Crippen LogP contribution in [-0.4, -0.2) is 51.5 Å². The van der Waals surface area contributed by atoms with Gasteiger partial charge in [0.25, 0.3) is 5.91 Å². The third-order valence-electron chi connectivity index (χ3n) is 4.62. The molecule has 1 aliphatic rings. The molecule has 3 aromatic rings. The summed E-state index contributed by atoms with van der Waals surface area (Å²) in [7, 11) is 1.61. The lowest BCUT2D eigenvalue weighted by molar-refractivity contribution is -0.119. The highest BCUT2D eigenvalue weighted by Crippen LogP contribution is 2.32. The Morgan fingerprint density at radius 1 is 1.34 bits per heavy atom. The Morgan fingerprint density at radius 2 is 2.14 bits per heavy atom. The van der Waals surface area contributed by atoms with E-state index >= 15 is 0 Å². The second-order valence-electron chi connectivity index (χ2n) is 6.61. The number of aliphatic imine (C=N–C) groups is 1. The molecule has 1 atom stereocenters. The molecule has 1 aromatic carbocycles. The van der Waals surface area contributed by atoms with Gasteiger partial charge in [0.1, 0.15) is 29.6 Å². The van der Waals surface area contributed by atoms with E-state index in [9.17, 15) is 4.79 Å². The lowest BCUT2D eigenvalue weighted by Gasteiger charge is -2.18. The Morgan fingerprint density at radius 3 is 2.93 bits per heavy atom. The molecule has 0 aliphatic carbocycles. The number of aromatic amines is 1. The van der Waals surface area contributed by atoms with Crippen molar-refractivity contribution in [3.05, 3.63) is 64.8 Å². The Bertz CT molecular complexity index is 1070. The molecule has 0 saturated heterocycles. The average molecular weight is 411 g/mol. The van der Waals surface area contributed by atoms with Crippen LogP contribution in [0.1, 0.15) is 17.0 Å². The molecule has 148 valence electrons. The molecule has 29 heavy (non-hydrogen) atoms. The number of amidine groups is 1. The standard InChI is InChI=1S/C19H19ClN8O/c1-28-15-16(20)23-10-24-18(15)22-9-14(19(28)29)25-17(21)13-8-12(26-27-13)7-11-5-3-2-4-6-11/h2-6,8,10,14H,7,9H2,1H3,(H2,21,25)(H,26,27)(H,22,23,24)/t14-/m0/s1. The fourth-order valence-electron chi connectivity index (χ4n) is 3.13. The van der Waals surface area contributed by atoms with Crippen molar-refractivity contribution < 1.29 is 4.79 Å². The Labute approximate surface area is 172 Å². The van der Waals surface area contributed by atoms with Crippen LogP contribution in [0.25, 0.3) is 0 Å². The fourth-order valence-corrected chi connectivity index (χ4v) is 3.39. The smallest absolute Gasteiger partial charge is 0.253 e. The number of nitrogens with zero attached hydrogens (tertiary/aromatic N) is 5. The molecular formula is C19H19ClN8O. The minimum Gasteiger partial charge on any atom is -0.382 e. The zero-order chi connectivity index (χ0) is 20.4. The van der Waals surface area contributed by atoms with Gasteiger partial charge in [0.2, 0.25) is 0 Å². The molecule has 1 aliphatic heterocycles. The van der Waals surface area contributed by atoms with Crippen molar-refractivity contribution in [2.45, 2.75) is 12.5 Å². The Balaban J connectivity index is 1.54.